The minimum Gasteiger partial charge on any atom is -0.453 e. The van der Waals surface area contributed by atoms with Gasteiger partial charge in [-0.1, -0.05) is 48.4 Å². The Hall–Kier alpha value is -3.30. The number of ether oxygens (including phenoxy) is 2. The monoisotopic (exact) mass is 460 g/mol. The highest BCUT2D eigenvalue weighted by Crippen LogP contribution is 2.45. The zero-order valence-electron chi connectivity index (χ0n) is 19.8. The summed E-state index contributed by atoms with van der Waals surface area (Å²) >= 11 is 0. The topological polar surface area (TPSA) is 81.9 Å². The smallest absolute Gasteiger partial charge is 0.409 e. The van der Waals surface area contributed by atoms with Gasteiger partial charge in [-0.15, -0.1) is 0 Å². The lowest BCUT2D eigenvalue weighted by atomic mass is 9.72. The fourth-order valence-electron chi connectivity index (χ4n) is 5.27. The van der Waals surface area contributed by atoms with Gasteiger partial charge in [0.2, 0.25) is 0 Å². The second kappa shape index (κ2) is 10.3. The number of methoxy groups -OCH3 is 1. The van der Waals surface area contributed by atoms with Crippen molar-refractivity contribution in [2.24, 2.45) is 11.7 Å². The molecule has 2 aromatic rings. The Morgan fingerprint density at radius 3 is 2.71 bits per heavy atom. The highest BCUT2D eigenvalue weighted by molar-refractivity contribution is 5.77. The number of nitrogens with zero attached hydrogens (tertiary/aromatic N) is 1. The van der Waals surface area contributed by atoms with Crippen LogP contribution in [0.3, 0.4) is 0 Å². The van der Waals surface area contributed by atoms with Crippen molar-refractivity contribution in [1.29, 1.82) is 0 Å². The molecule has 2 fully saturated rings. The molecule has 0 bridgehead atoms. The van der Waals surface area contributed by atoms with Gasteiger partial charge in [-0.05, 0) is 68.2 Å². The first kappa shape index (κ1) is 23.8. The van der Waals surface area contributed by atoms with E-state index in [2.05, 4.69) is 11.8 Å². The van der Waals surface area contributed by atoms with Crippen LogP contribution in [0.25, 0.3) is 0 Å². The molecule has 1 saturated carbocycles. The molecule has 1 aliphatic carbocycles. The molecular weight excluding hydrogens is 428 g/mol. The van der Waals surface area contributed by atoms with Crippen LogP contribution in [-0.2, 0) is 20.7 Å². The first-order valence-electron chi connectivity index (χ1n) is 11.9. The average Bonchev–Trinajstić information content (AvgIpc) is 3.29. The van der Waals surface area contributed by atoms with Gasteiger partial charge in [-0.3, -0.25) is 4.79 Å². The first-order valence-corrected chi connectivity index (χ1v) is 11.9. The normalized spacial score (nSPS) is 24.4. The number of rotatable bonds is 4. The van der Waals surface area contributed by atoms with Crippen LogP contribution in [0, 0.1) is 24.7 Å². The van der Waals surface area contributed by atoms with Crippen LogP contribution in [0.2, 0.25) is 0 Å². The van der Waals surface area contributed by atoms with E-state index >= 15 is 0 Å². The lowest BCUT2D eigenvalue weighted by Gasteiger charge is -2.42. The number of carbonyl (C=O) groups excluding carboxylic acids is 2. The quantitative estimate of drug-likeness (QED) is 0.554. The third-order valence-electron chi connectivity index (χ3n) is 6.92. The molecule has 2 aliphatic rings. The predicted octanol–water partition coefficient (Wildman–Crippen LogP) is 3.84. The van der Waals surface area contributed by atoms with Gasteiger partial charge in [0.15, 0.2) is 5.60 Å². The second-order valence-electron chi connectivity index (χ2n) is 9.24. The molecule has 1 aliphatic heterocycles. The third-order valence-corrected chi connectivity index (χ3v) is 6.92. The summed E-state index contributed by atoms with van der Waals surface area (Å²) in [5, 5.41) is 0. The van der Waals surface area contributed by atoms with E-state index in [-0.39, 0.29) is 18.1 Å². The number of nitrogens with two attached hydrogens (primary N) is 1. The third kappa shape index (κ3) is 5.10. The maximum absolute atomic E-state index is 13.2. The first-order chi connectivity index (χ1) is 16.4. The van der Waals surface area contributed by atoms with E-state index < -0.39 is 17.6 Å². The summed E-state index contributed by atoms with van der Waals surface area (Å²) in [5.41, 5.74) is 8.24. The molecule has 4 rings (SSSR count). The molecule has 1 saturated heterocycles. The predicted molar refractivity (Wildman–Crippen MR) is 130 cm³/mol. The molecule has 0 spiro atoms. The van der Waals surface area contributed by atoms with Crippen molar-refractivity contribution < 1.29 is 19.1 Å². The Bertz CT molecular complexity index is 1090. The molecule has 0 radical (unpaired) electrons. The number of benzene rings is 2. The number of amides is 1. The van der Waals surface area contributed by atoms with Crippen LogP contribution in [0.5, 0.6) is 0 Å². The number of carbonyl (C=O) groups is 2. The maximum Gasteiger partial charge on any atom is 0.409 e. The van der Waals surface area contributed by atoms with E-state index in [1.807, 2.05) is 61.5 Å². The van der Waals surface area contributed by atoms with Crippen molar-refractivity contribution in [3.63, 3.8) is 0 Å². The second-order valence-corrected chi connectivity index (χ2v) is 9.24. The Morgan fingerprint density at radius 2 is 1.97 bits per heavy atom. The van der Waals surface area contributed by atoms with E-state index in [4.69, 9.17) is 15.2 Å². The number of hydrogen-bond acceptors (Lipinski definition) is 5. The molecule has 34 heavy (non-hydrogen) atoms. The van der Waals surface area contributed by atoms with Crippen molar-refractivity contribution in [2.45, 2.75) is 56.7 Å². The summed E-state index contributed by atoms with van der Waals surface area (Å²) in [5.74, 6) is 6.06. The summed E-state index contributed by atoms with van der Waals surface area (Å²) in [4.78, 5) is 27.4. The van der Waals surface area contributed by atoms with Gasteiger partial charge >= 0.3 is 12.1 Å². The van der Waals surface area contributed by atoms with Crippen molar-refractivity contribution in [2.75, 3.05) is 13.7 Å². The highest BCUT2D eigenvalue weighted by Gasteiger charge is 2.54. The average molecular weight is 461 g/mol. The van der Waals surface area contributed by atoms with E-state index in [9.17, 15) is 9.59 Å². The molecule has 178 valence electrons. The molecule has 2 N–H and O–H groups in total. The van der Waals surface area contributed by atoms with Crippen molar-refractivity contribution in [3.8, 4) is 11.8 Å². The maximum atomic E-state index is 13.2. The summed E-state index contributed by atoms with van der Waals surface area (Å²) in [6.45, 7) is 2.58. The van der Waals surface area contributed by atoms with E-state index in [0.29, 0.717) is 25.8 Å². The molecular formula is C28H32N2O4. The largest absolute Gasteiger partial charge is 0.453 e. The van der Waals surface area contributed by atoms with Gasteiger partial charge in [-0.25, -0.2) is 4.79 Å². The molecule has 0 aromatic heterocycles. The number of esters is 1. The fraction of sp³-hybridized carbons (Fsp3) is 0.429. The summed E-state index contributed by atoms with van der Waals surface area (Å²) < 4.78 is 11.2. The van der Waals surface area contributed by atoms with Crippen LogP contribution < -0.4 is 5.73 Å². The number of aryl methyl sites for hydroxylation is 1. The SMILES string of the molecule is COC(=O)N1CC[C@@H]2[C@H]1CCC[C@]2(C#Cc1cccc(C)c1)OC(=O)[C@@H](N)Cc1ccccc1. The van der Waals surface area contributed by atoms with Crippen molar-refractivity contribution >= 4 is 12.1 Å². The minimum absolute atomic E-state index is 0.0776. The van der Waals surface area contributed by atoms with Gasteiger partial charge in [0.1, 0.15) is 6.04 Å². The fourth-order valence-corrected chi connectivity index (χ4v) is 5.27. The number of hydrogen-bond donors (Lipinski definition) is 1. The highest BCUT2D eigenvalue weighted by atomic mass is 16.6. The van der Waals surface area contributed by atoms with Crippen LogP contribution in [0.1, 0.15) is 42.4 Å². The number of likely N-dealkylation sites (tertiary alicyclic amines) is 1. The Labute approximate surface area is 201 Å². The van der Waals surface area contributed by atoms with Crippen LogP contribution in [-0.4, -0.2) is 48.3 Å². The molecule has 6 heteroatoms. The lowest BCUT2D eigenvalue weighted by Crippen LogP contribution is -2.53. The summed E-state index contributed by atoms with van der Waals surface area (Å²) in [7, 11) is 1.39. The summed E-state index contributed by atoms with van der Waals surface area (Å²) in [6, 6.07) is 16.7. The van der Waals surface area contributed by atoms with Crippen molar-refractivity contribution in [1.82, 2.24) is 4.90 Å². The standard InChI is InChI=1S/C28H32N2O4/c1-20-8-6-11-22(18-20)13-16-28(34-26(31)24(29)19-21-9-4-3-5-10-21)15-7-12-25-23(28)14-17-30(25)27(32)33-2/h3-6,8-11,18,23-25H,7,12,14-15,17,19,29H2,1-2H3/t23-,24+,25-,28-/m1/s1. The van der Waals surface area contributed by atoms with Crippen molar-refractivity contribution in [3.05, 3.63) is 71.3 Å². The zero-order chi connectivity index (χ0) is 24.1. The van der Waals surface area contributed by atoms with Crippen LogP contribution in [0.15, 0.2) is 54.6 Å². The van der Waals surface area contributed by atoms with Gasteiger partial charge in [0.05, 0.1) is 7.11 Å². The Kier molecular flexibility index (Phi) is 7.23. The molecule has 0 unspecified atom stereocenters. The molecule has 2 aromatic carbocycles. The Balaban J connectivity index is 1.63. The summed E-state index contributed by atoms with van der Waals surface area (Å²) in [6.07, 6.45) is 2.99. The van der Waals surface area contributed by atoms with Crippen LogP contribution >= 0.6 is 0 Å². The van der Waals surface area contributed by atoms with Gasteiger partial charge < -0.3 is 20.1 Å². The molecule has 1 amide bonds. The van der Waals surface area contributed by atoms with Gasteiger partial charge in [0.25, 0.3) is 0 Å². The van der Waals surface area contributed by atoms with E-state index in [1.54, 1.807) is 4.90 Å². The van der Waals surface area contributed by atoms with E-state index in [1.165, 1.54) is 7.11 Å². The van der Waals surface area contributed by atoms with Gasteiger partial charge in [0, 0.05) is 24.1 Å². The Morgan fingerprint density at radius 1 is 1.18 bits per heavy atom. The molecule has 1 heterocycles. The molecule has 6 nitrogen and oxygen atoms in total. The van der Waals surface area contributed by atoms with Crippen LogP contribution in [0.4, 0.5) is 4.79 Å². The van der Waals surface area contributed by atoms with Gasteiger partial charge in [-0.2, -0.15) is 0 Å². The number of fused-ring (bicyclic) bond motifs is 1. The van der Waals surface area contributed by atoms with E-state index in [0.717, 1.165) is 29.5 Å². The zero-order valence-corrected chi connectivity index (χ0v) is 19.8. The minimum atomic E-state index is -0.999. The lowest BCUT2D eigenvalue weighted by molar-refractivity contribution is -0.164. The molecule has 4 atom stereocenters.